The van der Waals surface area contributed by atoms with Gasteiger partial charge in [0.15, 0.2) is 0 Å². The highest BCUT2D eigenvalue weighted by atomic mass is 79.9. The highest BCUT2D eigenvalue weighted by molar-refractivity contribution is 9.10. The fourth-order valence-electron chi connectivity index (χ4n) is 2.67. The molecule has 1 aliphatic rings. The summed E-state index contributed by atoms with van der Waals surface area (Å²) in [5, 5.41) is 2.13. The van der Waals surface area contributed by atoms with Crippen LogP contribution in [0.25, 0.3) is 0 Å². The van der Waals surface area contributed by atoms with Crippen molar-refractivity contribution < 1.29 is 4.74 Å². The van der Waals surface area contributed by atoms with Crippen LogP contribution in [-0.4, -0.2) is 37.2 Å². The van der Waals surface area contributed by atoms with E-state index in [-0.39, 0.29) is 6.04 Å². The van der Waals surface area contributed by atoms with Gasteiger partial charge in [0.1, 0.15) is 0 Å². The zero-order valence-corrected chi connectivity index (χ0v) is 13.3. The third kappa shape index (κ3) is 3.33. The number of halogens is 1. The molecule has 0 amide bonds. The van der Waals surface area contributed by atoms with E-state index < -0.39 is 0 Å². The van der Waals surface area contributed by atoms with Gasteiger partial charge in [-0.1, -0.05) is 0 Å². The molecule has 0 saturated carbocycles. The lowest BCUT2D eigenvalue weighted by Gasteiger charge is -2.39. The van der Waals surface area contributed by atoms with Gasteiger partial charge in [0, 0.05) is 34.4 Å². The number of thiophene rings is 1. The fourth-order valence-corrected chi connectivity index (χ4v) is 4.36. The summed E-state index contributed by atoms with van der Waals surface area (Å²) < 4.78 is 6.65. The Morgan fingerprint density at radius 3 is 2.94 bits per heavy atom. The summed E-state index contributed by atoms with van der Waals surface area (Å²) in [4.78, 5) is 3.81. The average Bonchev–Trinajstić information content (AvgIpc) is 2.75. The van der Waals surface area contributed by atoms with Crippen molar-refractivity contribution >= 4 is 27.3 Å². The number of piperidine rings is 1. The molecule has 1 aromatic heterocycles. The maximum absolute atomic E-state index is 6.20. The van der Waals surface area contributed by atoms with Gasteiger partial charge < -0.3 is 10.5 Å². The molecule has 0 aromatic carbocycles. The molecule has 0 spiro atoms. The third-order valence-electron chi connectivity index (χ3n) is 3.51. The van der Waals surface area contributed by atoms with Crippen molar-refractivity contribution in [3.8, 4) is 0 Å². The minimum absolute atomic E-state index is 0.131. The van der Waals surface area contributed by atoms with Crippen LogP contribution >= 0.6 is 27.3 Å². The lowest BCUT2D eigenvalue weighted by atomic mass is 10.0. The van der Waals surface area contributed by atoms with E-state index in [1.54, 1.807) is 18.4 Å². The molecule has 1 aliphatic heterocycles. The Hall–Kier alpha value is 0.0600. The van der Waals surface area contributed by atoms with Crippen LogP contribution < -0.4 is 5.73 Å². The van der Waals surface area contributed by atoms with Crippen LogP contribution in [0.1, 0.15) is 30.7 Å². The lowest BCUT2D eigenvalue weighted by Crippen LogP contribution is -2.46. The Bertz CT molecular complexity index is 383. The highest BCUT2D eigenvalue weighted by Crippen LogP contribution is 2.33. The number of hydrogen-bond acceptors (Lipinski definition) is 4. The summed E-state index contributed by atoms with van der Waals surface area (Å²) in [6.07, 6.45) is 2.70. The van der Waals surface area contributed by atoms with Crippen LogP contribution in [0, 0.1) is 0 Å². The summed E-state index contributed by atoms with van der Waals surface area (Å²) >= 11 is 5.30. The van der Waals surface area contributed by atoms with Gasteiger partial charge in [0.25, 0.3) is 0 Å². The lowest BCUT2D eigenvalue weighted by molar-refractivity contribution is 0.0110. The molecule has 2 N–H and O–H groups in total. The van der Waals surface area contributed by atoms with E-state index in [0.29, 0.717) is 12.1 Å². The number of ether oxygens (including phenoxy) is 1. The van der Waals surface area contributed by atoms with Crippen molar-refractivity contribution in [1.29, 1.82) is 0 Å². The largest absolute Gasteiger partial charge is 0.380 e. The molecule has 2 heterocycles. The first-order valence-electron chi connectivity index (χ1n) is 6.38. The smallest absolute Gasteiger partial charge is 0.0698 e. The molecule has 0 aliphatic carbocycles. The molecule has 1 fully saturated rings. The van der Waals surface area contributed by atoms with Gasteiger partial charge in [-0.3, -0.25) is 4.90 Å². The molecule has 18 heavy (non-hydrogen) atoms. The first kappa shape index (κ1) is 14.5. The predicted octanol–water partition coefficient (Wildman–Crippen LogP) is 3.01. The molecule has 1 aromatic rings. The van der Waals surface area contributed by atoms with E-state index in [2.05, 4.69) is 39.2 Å². The van der Waals surface area contributed by atoms with Crippen molar-refractivity contribution in [3.05, 3.63) is 20.8 Å². The monoisotopic (exact) mass is 332 g/mol. The summed E-state index contributed by atoms with van der Waals surface area (Å²) in [6, 6.07) is 2.63. The van der Waals surface area contributed by atoms with E-state index >= 15 is 0 Å². The van der Waals surface area contributed by atoms with E-state index in [1.807, 2.05) is 0 Å². The topological polar surface area (TPSA) is 38.5 Å². The van der Waals surface area contributed by atoms with Crippen LogP contribution in [-0.2, 0) is 4.74 Å². The molecule has 0 radical (unpaired) electrons. The summed E-state index contributed by atoms with van der Waals surface area (Å²) in [6.45, 7) is 4.19. The van der Waals surface area contributed by atoms with Crippen molar-refractivity contribution in [2.45, 2.75) is 38.0 Å². The zero-order chi connectivity index (χ0) is 13.1. The van der Waals surface area contributed by atoms with Gasteiger partial charge in [0.2, 0.25) is 0 Å². The fraction of sp³-hybridized carbons (Fsp3) is 0.692. The Morgan fingerprint density at radius 2 is 2.39 bits per heavy atom. The predicted molar refractivity (Wildman–Crippen MR) is 80.0 cm³/mol. The van der Waals surface area contributed by atoms with E-state index in [9.17, 15) is 0 Å². The van der Waals surface area contributed by atoms with Crippen molar-refractivity contribution in [3.63, 3.8) is 0 Å². The molecule has 1 saturated heterocycles. The second-order valence-corrected chi connectivity index (χ2v) is 6.82. The minimum Gasteiger partial charge on any atom is -0.380 e. The standard InChI is InChI=1S/C13H21BrN2OS/c1-9(15)13(12-6-10(14)8-18-12)16-5-3-4-11(7-16)17-2/h6,8-9,11,13H,3-5,7,15H2,1-2H3. The van der Waals surface area contributed by atoms with E-state index in [1.165, 1.54) is 11.3 Å². The Labute approximate surface area is 121 Å². The summed E-state index contributed by atoms with van der Waals surface area (Å²) in [5.41, 5.74) is 6.20. The van der Waals surface area contributed by atoms with Crippen LogP contribution in [0.5, 0.6) is 0 Å². The zero-order valence-electron chi connectivity index (χ0n) is 10.9. The molecular formula is C13H21BrN2OS. The highest BCUT2D eigenvalue weighted by Gasteiger charge is 2.30. The van der Waals surface area contributed by atoms with Gasteiger partial charge >= 0.3 is 0 Å². The number of likely N-dealkylation sites (tertiary alicyclic amines) is 1. The van der Waals surface area contributed by atoms with Gasteiger partial charge in [-0.15, -0.1) is 11.3 Å². The van der Waals surface area contributed by atoms with Gasteiger partial charge in [-0.2, -0.15) is 0 Å². The van der Waals surface area contributed by atoms with Gasteiger partial charge in [-0.05, 0) is 48.3 Å². The Morgan fingerprint density at radius 1 is 1.61 bits per heavy atom. The number of rotatable bonds is 4. The van der Waals surface area contributed by atoms with Crippen LogP contribution in [0.4, 0.5) is 0 Å². The normalized spacial score (nSPS) is 25.0. The number of nitrogens with zero attached hydrogens (tertiary/aromatic N) is 1. The molecule has 3 unspecified atom stereocenters. The minimum atomic E-state index is 0.131. The van der Waals surface area contributed by atoms with Crippen molar-refractivity contribution in [1.82, 2.24) is 4.90 Å². The Balaban J connectivity index is 2.14. The maximum atomic E-state index is 6.20. The number of methoxy groups -OCH3 is 1. The molecule has 0 bridgehead atoms. The molecule has 3 atom stereocenters. The molecule has 102 valence electrons. The average molecular weight is 333 g/mol. The third-order valence-corrected chi connectivity index (χ3v) is 5.28. The molecule has 2 rings (SSSR count). The first-order valence-corrected chi connectivity index (χ1v) is 8.05. The summed E-state index contributed by atoms with van der Waals surface area (Å²) in [5.74, 6) is 0. The van der Waals surface area contributed by atoms with E-state index in [4.69, 9.17) is 10.5 Å². The van der Waals surface area contributed by atoms with Crippen LogP contribution in [0.15, 0.2) is 15.9 Å². The maximum Gasteiger partial charge on any atom is 0.0698 e. The molecule has 3 nitrogen and oxygen atoms in total. The summed E-state index contributed by atoms with van der Waals surface area (Å²) in [7, 11) is 1.80. The second kappa shape index (κ2) is 6.48. The van der Waals surface area contributed by atoms with Crippen LogP contribution in [0.3, 0.4) is 0 Å². The van der Waals surface area contributed by atoms with Crippen molar-refractivity contribution in [2.75, 3.05) is 20.2 Å². The van der Waals surface area contributed by atoms with Gasteiger partial charge in [0.05, 0.1) is 12.1 Å². The quantitative estimate of drug-likeness (QED) is 0.921. The van der Waals surface area contributed by atoms with Crippen LogP contribution in [0.2, 0.25) is 0 Å². The molecule has 5 heteroatoms. The first-order chi connectivity index (χ1) is 8.61. The van der Waals surface area contributed by atoms with E-state index in [0.717, 1.165) is 24.0 Å². The second-order valence-electron chi connectivity index (χ2n) is 4.97. The number of hydrogen-bond donors (Lipinski definition) is 1. The molecular weight excluding hydrogens is 312 g/mol. The van der Waals surface area contributed by atoms with Crippen molar-refractivity contribution in [2.24, 2.45) is 5.73 Å². The Kier molecular flexibility index (Phi) is 5.21. The number of nitrogens with two attached hydrogens (primary N) is 1. The SMILES string of the molecule is COC1CCCN(C(c2cc(Br)cs2)C(C)N)C1. The van der Waals surface area contributed by atoms with Gasteiger partial charge in [-0.25, -0.2) is 0 Å².